The van der Waals surface area contributed by atoms with Crippen molar-refractivity contribution >= 4 is 5.78 Å². The molecule has 1 fully saturated rings. The van der Waals surface area contributed by atoms with Gasteiger partial charge in [0.25, 0.3) is 0 Å². The maximum absolute atomic E-state index is 13.1. The fraction of sp³-hybridized carbons (Fsp3) is 0.444. The molecule has 1 aromatic carbocycles. The van der Waals surface area contributed by atoms with Gasteiger partial charge in [-0.05, 0) is 36.1 Å². The fourth-order valence-electron chi connectivity index (χ4n) is 4.90. The van der Waals surface area contributed by atoms with Gasteiger partial charge < -0.3 is 0 Å². The SMILES string of the molecule is CCCCCn1nc(C(=O)C2CCCCC2)nc1Cc1ccc(-c2ccccc2-c2nn[nH]n2)cn1. The van der Waals surface area contributed by atoms with Crippen LogP contribution in [-0.4, -0.2) is 46.2 Å². The summed E-state index contributed by atoms with van der Waals surface area (Å²) in [6.07, 6.45) is 11.0. The monoisotopic (exact) mass is 484 g/mol. The Morgan fingerprint density at radius 2 is 1.89 bits per heavy atom. The number of pyridine rings is 1. The number of H-pyrrole nitrogens is 1. The van der Waals surface area contributed by atoms with Gasteiger partial charge >= 0.3 is 0 Å². The molecule has 0 spiro atoms. The van der Waals surface area contributed by atoms with Crippen molar-refractivity contribution in [1.82, 2.24) is 40.4 Å². The van der Waals surface area contributed by atoms with Gasteiger partial charge in [-0.3, -0.25) is 9.78 Å². The Labute approximate surface area is 210 Å². The number of aryl methyl sites for hydroxylation is 1. The van der Waals surface area contributed by atoms with Gasteiger partial charge in [0.1, 0.15) is 5.82 Å². The van der Waals surface area contributed by atoms with Gasteiger partial charge in [-0.2, -0.15) is 5.21 Å². The van der Waals surface area contributed by atoms with Crippen LogP contribution in [0.1, 0.15) is 80.4 Å². The maximum Gasteiger partial charge on any atom is 0.217 e. The van der Waals surface area contributed by atoms with Gasteiger partial charge in [-0.1, -0.05) is 69.4 Å². The largest absolute Gasteiger partial charge is 0.290 e. The summed E-state index contributed by atoms with van der Waals surface area (Å²) in [4.78, 5) is 22.6. The molecule has 0 radical (unpaired) electrons. The van der Waals surface area contributed by atoms with Crippen LogP contribution in [0.3, 0.4) is 0 Å². The van der Waals surface area contributed by atoms with E-state index in [1.165, 1.54) is 6.42 Å². The summed E-state index contributed by atoms with van der Waals surface area (Å²) in [6.45, 7) is 2.95. The van der Waals surface area contributed by atoms with E-state index in [4.69, 9.17) is 9.97 Å². The molecule has 5 rings (SSSR count). The molecular formula is C27H32N8O. The number of ketones is 1. The molecule has 1 saturated carbocycles. The van der Waals surface area contributed by atoms with Gasteiger partial charge in [0, 0.05) is 41.9 Å². The number of carbonyl (C=O) groups excluding carboxylic acids is 1. The summed E-state index contributed by atoms with van der Waals surface area (Å²) in [5.41, 5.74) is 3.73. The lowest BCUT2D eigenvalue weighted by atomic mass is 9.86. The number of rotatable bonds is 10. The molecule has 1 aliphatic carbocycles. The number of hydrogen-bond acceptors (Lipinski definition) is 7. The van der Waals surface area contributed by atoms with Crippen molar-refractivity contribution in [2.75, 3.05) is 0 Å². The molecule has 3 heterocycles. The summed E-state index contributed by atoms with van der Waals surface area (Å²) in [5.74, 6) is 1.89. The van der Waals surface area contributed by atoms with E-state index in [0.29, 0.717) is 18.1 Å². The first-order valence-corrected chi connectivity index (χ1v) is 13.0. The number of hydrogen-bond donors (Lipinski definition) is 1. The molecule has 0 aliphatic heterocycles. The van der Waals surface area contributed by atoms with Crippen LogP contribution < -0.4 is 0 Å². The predicted octanol–water partition coefficient (Wildman–Crippen LogP) is 5.06. The Kier molecular flexibility index (Phi) is 7.54. The molecular weight excluding hydrogens is 452 g/mol. The Morgan fingerprint density at radius 1 is 1.06 bits per heavy atom. The highest BCUT2D eigenvalue weighted by Crippen LogP contribution is 2.29. The van der Waals surface area contributed by atoms with Gasteiger partial charge in [0.15, 0.2) is 0 Å². The number of benzene rings is 1. The van der Waals surface area contributed by atoms with E-state index in [-0.39, 0.29) is 11.7 Å². The van der Waals surface area contributed by atoms with Crippen molar-refractivity contribution in [1.29, 1.82) is 0 Å². The molecule has 0 bridgehead atoms. The Bertz CT molecular complexity index is 1270. The summed E-state index contributed by atoms with van der Waals surface area (Å²) in [6, 6.07) is 12.0. The summed E-state index contributed by atoms with van der Waals surface area (Å²) in [5, 5.41) is 19.1. The summed E-state index contributed by atoms with van der Waals surface area (Å²) in [7, 11) is 0. The highest BCUT2D eigenvalue weighted by Gasteiger charge is 2.26. The molecule has 1 N–H and O–H groups in total. The van der Waals surface area contributed by atoms with Crippen LogP contribution in [-0.2, 0) is 13.0 Å². The third kappa shape index (κ3) is 5.40. The standard InChI is InChI=1S/C27H32N8O/c1-2-3-9-16-35-24(29-27(32-35)25(36)19-10-5-4-6-11-19)17-21-15-14-20(18-28-21)22-12-7-8-13-23(22)26-30-33-34-31-26/h7-8,12-15,18-19H,2-6,9-11,16-17H2,1H3,(H,30,31,33,34). The summed E-state index contributed by atoms with van der Waals surface area (Å²) >= 11 is 0. The Balaban J connectivity index is 1.37. The fourth-order valence-corrected chi connectivity index (χ4v) is 4.90. The molecule has 36 heavy (non-hydrogen) atoms. The number of aromatic amines is 1. The highest BCUT2D eigenvalue weighted by atomic mass is 16.1. The van der Waals surface area contributed by atoms with Crippen molar-refractivity contribution < 1.29 is 4.79 Å². The summed E-state index contributed by atoms with van der Waals surface area (Å²) < 4.78 is 1.92. The van der Waals surface area contributed by atoms with Crippen molar-refractivity contribution in [2.45, 2.75) is 71.3 Å². The minimum absolute atomic E-state index is 0.0646. The third-order valence-electron chi connectivity index (χ3n) is 6.91. The number of carbonyl (C=O) groups is 1. The molecule has 1 aliphatic rings. The van der Waals surface area contributed by atoms with Crippen LogP contribution in [0.4, 0.5) is 0 Å². The predicted molar refractivity (Wildman–Crippen MR) is 136 cm³/mol. The van der Waals surface area contributed by atoms with E-state index in [0.717, 1.165) is 79.7 Å². The minimum atomic E-state index is 0.0646. The number of unbranched alkanes of at least 4 members (excludes halogenated alkanes) is 2. The Hall–Kier alpha value is -3.75. The van der Waals surface area contributed by atoms with E-state index >= 15 is 0 Å². The van der Waals surface area contributed by atoms with Gasteiger partial charge in [0.2, 0.25) is 17.4 Å². The van der Waals surface area contributed by atoms with Crippen LogP contribution in [0.25, 0.3) is 22.5 Å². The van der Waals surface area contributed by atoms with Gasteiger partial charge in [-0.25, -0.2) is 9.67 Å². The van der Waals surface area contributed by atoms with Crippen LogP contribution in [0.15, 0.2) is 42.6 Å². The van der Waals surface area contributed by atoms with E-state index in [1.807, 2.05) is 47.3 Å². The van der Waals surface area contributed by atoms with E-state index in [9.17, 15) is 4.79 Å². The molecule has 0 unspecified atom stereocenters. The van der Waals surface area contributed by atoms with Crippen LogP contribution in [0, 0.1) is 5.92 Å². The molecule has 0 saturated heterocycles. The molecule has 0 atom stereocenters. The Morgan fingerprint density at radius 3 is 2.61 bits per heavy atom. The van der Waals surface area contributed by atoms with Gasteiger partial charge in [0.05, 0.1) is 0 Å². The third-order valence-corrected chi connectivity index (χ3v) is 6.91. The number of tetrazole rings is 1. The van der Waals surface area contributed by atoms with Crippen molar-refractivity contribution in [3.05, 3.63) is 59.9 Å². The molecule has 186 valence electrons. The van der Waals surface area contributed by atoms with E-state index in [2.05, 4.69) is 32.6 Å². The lowest BCUT2D eigenvalue weighted by molar-refractivity contribution is 0.0878. The second-order valence-electron chi connectivity index (χ2n) is 9.48. The molecule has 3 aromatic heterocycles. The zero-order valence-electron chi connectivity index (χ0n) is 20.7. The second-order valence-corrected chi connectivity index (χ2v) is 9.48. The zero-order chi connectivity index (χ0) is 24.7. The van der Waals surface area contributed by atoms with Crippen LogP contribution in [0.2, 0.25) is 0 Å². The quantitative estimate of drug-likeness (QED) is 0.247. The van der Waals surface area contributed by atoms with Crippen molar-refractivity contribution in [3.8, 4) is 22.5 Å². The first-order valence-electron chi connectivity index (χ1n) is 13.0. The van der Waals surface area contributed by atoms with Crippen LogP contribution in [0.5, 0.6) is 0 Å². The number of Topliss-reactive ketones (excluding diaryl/α,β-unsaturated/α-hetero) is 1. The molecule has 4 aromatic rings. The topological polar surface area (TPSA) is 115 Å². The van der Waals surface area contributed by atoms with Gasteiger partial charge in [-0.15, -0.1) is 15.3 Å². The minimum Gasteiger partial charge on any atom is -0.290 e. The zero-order valence-corrected chi connectivity index (χ0v) is 20.7. The average molecular weight is 485 g/mol. The first kappa shape index (κ1) is 24.0. The lowest BCUT2D eigenvalue weighted by Crippen LogP contribution is -2.19. The smallest absolute Gasteiger partial charge is 0.217 e. The number of aromatic nitrogens is 8. The molecule has 9 nitrogen and oxygen atoms in total. The lowest BCUT2D eigenvalue weighted by Gasteiger charge is -2.18. The second kappa shape index (κ2) is 11.3. The van der Waals surface area contributed by atoms with E-state index < -0.39 is 0 Å². The average Bonchev–Trinajstić information content (AvgIpc) is 3.60. The maximum atomic E-state index is 13.1. The van der Waals surface area contributed by atoms with Crippen LogP contribution >= 0.6 is 0 Å². The van der Waals surface area contributed by atoms with E-state index in [1.54, 1.807) is 0 Å². The van der Waals surface area contributed by atoms with Crippen molar-refractivity contribution in [2.24, 2.45) is 5.92 Å². The number of nitrogens with one attached hydrogen (secondary N) is 1. The highest BCUT2D eigenvalue weighted by molar-refractivity contribution is 5.94. The molecule has 9 heteroatoms. The normalized spacial score (nSPS) is 14.2. The first-order chi connectivity index (χ1) is 17.7. The molecule has 0 amide bonds. The number of nitrogens with zero attached hydrogens (tertiary/aromatic N) is 7. The van der Waals surface area contributed by atoms with Crippen molar-refractivity contribution in [3.63, 3.8) is 0 Å².